The van der Waals surface area contributed by atoms with E-state index in [9.17, 15) is 72.9 Å². The first-order chi connectivity index (χ1) is 42.7. The number of carbonyl (C=O) groups excluding carboxylic acids is 9. The molecule has 0 radical (unpaired) electrons. The van der Waals surface area contributed by atoms with Gasteiger partial charge in [-0.3, -0.25) is 38.4 Å². The highest BCUT2D eigenvalue weighted by Crippen LogP contribution is 2.28. The Morgan fingerprint density at radius 2 is 1.04 bits per heavy atom. The van der Waals surface area contributed by atoms with Crippen LogP contribution in [0.15, 0.2) is 72.8 Å². The lowest BCUT2D eigenvalue weighted by molar-refractivity contribution is -0.166. The van der Waals surface area contributed by atoms with Gasteiger partial charge in [-0.05, 0) is 57.4 Å². The number of aliphatic carboxylic acids is 2. The lowest BCUT2D eigenvalue weighted by Gasteiger charge is -2.39. The molecule has 2 aromatic heterocycles. The maximum Gasteiger partial charge on any atom is 0.409 e. The summed E-state index contributed by atoms with van der Waals surface area (Å²) in [5.74, 6) is -8.78. The smallest absolute Gasteiger partial charge is 0.409 e. The lowest BCUT2D eigenvalue weighted by atomic mass is 10.0. The van der Waals surface area contributed by atoms with Crippen molar-refractivity contribution in [3.63, 3.8) is 0 Å². The normalized spacial score (nSPS) is 17.9. The number of amides is 8. The minimum Gasteiger partial charge on any atom is -0.481 e. The van der Waals surface area contributed by atoms with E-state index in [0.717, 1.165) is 15.9 Å². The van der Waals surface area contributed by atoms with Crippen LogP contribution < -0.4 is 20.1 Å². The number of nitrogens with one attached hydrogen (secondary N) is 2. The Labute approximate surface area is 508 Å². The van der Waals surface area contributed by atoms with Crippen LogP contribution in [-0.4, -0.2) is 258 Å². The fraction of sp³-hybridized carbons (Fsp3) is 0.474. The van der Waals surface area contributed by atoms with Crippen LogP contribution in [0.5, 0.6) is 11.8 Å². The molecule has 5 N–H and O–H groups in total. The summed E-state index contributed by atoms with van der Waals surface area (Å²) in [5.41, 5.74) is 0.237. The summed E-state index contributed by atoms with van der Waals surface area (Å²) in [6.45, 7) is 2.46. The third-order valence-electron chi connectivity index (χ3n) is 15.0. The molecule has 2 aromatic carbocycles. The number of carboxylic acid groups (broad SMARTS) is 3. The predicted molar refractivity (Wildman–Crippen MR) is 302 cm³/mol. The van der Waals surface area contributed by atoms with Crippen LogP contribution in [0.1, 0.15) is 73.3 Å². The Bertz CT molecular complexity index is 3270. The molecule has 4 saturated heterocycles. The van der Waals surface area contributed by atoms with Crippen molar-refractivity contribution >= 4 is 71.5 Å². The predicted octanol–water partition coefficient (Wildman–Crippen LogP) is 0.242. The second kappa shape index (κ2) is 29.9. The minimum atomic E-state index is -1.48. The molecule has 4 aliphatic heterocycles. The first kappa shape index (κ1) is 64.7. The van der Waals surface area contributed by atoms with Crippen molar-refractivity contribution < 1.29 is 96.5 Å². The van der Waals surface area contributed by atoms with Gasteiger partial charge >= 0.3 is 36.1 Å². The van der Waals surface area contributed by atoms with Gasteiger partial charge in [-0.2, -0.15) is 10.2 Å². The minimum absolute atomic E-state index is 0.000496. The molecule has 0 aliphatic carbocycles. The number of hydrogen-bond acceptors (Lipinski definition) is 19. The number of esters is 2. The third-order valence-corrected chi connectivity index (χ3v) is 15.0. The average Bonchev–Trinajstić information content (AvgIpc) is 2.21. The average molecular weight is 1240 g/mol. The first-order valence-electron chi connectivity index (χ1n) is 28.8. The number of carboxylic acids is 2. The molecule has 4 aromatic rings. The Hall–Kier alpha value is -10.3. The van der Waals surface area contributed by atoms with Crippen LogP contribution in [0, 0.1) is 0 Å². The summed E-state index contributed by atoms with van der Waals surface area (Å²) >= 11 is 0. The zero-order valence-electron chi connectivity index (χ0n) is 48.7. The van der Waals surface area contributed by atoms with Gasteiger partial charge in [0, 0.05) is 90.3 Å². The van der Waals surface area contributed by atoms with Crippen molar-refractivity contribution in [2.45, 2.75) is 82.6 Å². The molecule has 89 heavy (non-hydrogen) atoms. The summed E-state index contributed by atoms with van der Waals surface area (Å²) in [6, 6.07) is 13.9. The Morgan fingerprint density at radius 1 is 0.573 bits per heavy atom. The monoisotopic (exact) mass is 1240 g/mol. The van der Waals surface area contributed by atoms with Gasteiger partial charge in [-0.1, -0.05) is 36.4 Å². The first-order valence-corrected chi connectivity index (χ1v) is 28.8. The number of ether oxygens (including phenoxy) is 5. The third kappa shape index (κ3) is 16.4. The van der Waals surface area contributed by atoms with Crippen LogP contribution in [0.4, 0.5) is 9.59 Å². The van der Waals surface area contributed by atoms with Crippen molar-refractivity contribution in [3.05, 3.63) is 84.2 Å². The fourth-order valence-electron chi connectivity index (χ4n) is 10.3. The highest BCUT2D eigenvalue weighted by molar-refractivity contribution is 5.98. The van der Waals surface area contributed by atoms with Crippen LogP contribution in [0.3, 0.4) is 0 Å². The number of piperazine rings is 2. The molecule has 32 nitrogen and oxygen atoms in total. The molecule has 0 bridgehead atoms. The Balaban J connectivity index is 0.884. The summed E-state index contributed by atoms with van der Waals surface area (Å²) in [6.07, 6.45) is -4.13. The zero-order valence-corrected chi connectivity index (χ0v) is 48.7. The van der Waals surface area contributed by atoms with Gasteiger partial charge in [0.25, 0.3) is 23.6 Å². The second-order valence-electron chi connectivity index (χ2n) is 20.8. The van der Waals surface area contributed by atoms with Gasteiger partial charge in [0.05, 0.1) is 31.1 Å². The van der Waals surface area contributed by atoms with E-state index < -0.39 is 121 Å². The van der Waals surface area contributed by atoms with Crippen LogP contribution in [0.25, 0.3) is 11.4 Å². The van der Waals surface area contributed by atoms with Crippen molar-refractivity contribution in [3.8, 4) is 23.1 Å². The zero-order chi connectivity index (χ0) is 63.9. The molecule has 0 unspecified atom stereocenters. The molecule has 0 saturated carbocycles. The summed E-state index contributed by atoms with van der Waals surface area (Å²) in [5, 5.41) is 43.0. The highest BCUT2D eigenvalue weighted by atomic mass is 16.6. The fourth-order valence-corrected chi connectivity index (χ4v) is 10.3. The van der Waals surface area contributed by atoms with E-state index in [4.69, 9.17) is 23.7 Å². The number of para-hydroxylation sites is 2. The highest BCUT2D eigenvalue weighted by Gasteiger charge is 2.45. The van der Waals surface area contributed by atoms with Gasteiger partial charge in [0.15, 0.2) is 24.6 Å². The van der Waals surface area contributed by atoms with E-state index >= 15 is 0 Å². The van der Waals surface area contributed by atoms with E-state index in [1.807, 2.05) is 0 Å². The van der Waals surface area contributed by atoms with Gasteiger partial charge in [-0.15, -0.1) is 0 Å². The number of rotatable bonds is 25. The van der Waals surface area contributed by atoms with E-state index in [1.54, 1.807) is 74.5 Å². The molecule has 4 fully saturated rings. The van der Waals surface area contributed by atoms with E-state index in [0.29, 0.717) is 11.4 Å². The van der Waals surface area contributed by atoms with E-state index in [1.165, 1.54) is 35.0 Å². The van der Waals surface area contributed by atoms with Crippen LogP contribution in [0.2, 0.25) is 0 Å². The van der Waals surface area contributed by atoms with Crippen molar-refractivity contribution in [2.75, 3.05) is 91.9 Å². The number of aromatic nitrogens is 4. The standard InChI is InChI=1S/C57H68N12O20/c1-3-85-49(74)18-16-39(53(78)63-23-27-65(28-24-63)57(84)86-4-2)59-51(76)41-30-46(68(61-41)35-11-7-5-8-12-35)87-33-44(70)66-20-19-42(66)55(81)89-37-29-43(54(79)80)67(32-37)45(71)34-88-47-31-40(60-69(47)36-13-9-6-10-14-36)50(75)58-38(15-17-48(72)73)52(77)62-21-25-64(26-22-62)56(82)83/h5-14,30-31,37-39,42-43H,3-4,15-29,32-34H2,1-2H3,(H,58,75)(H,59,76)(H,72,73)(H,79,80)(H,82,83)/t37-,38+,39+,42+,43-/m1/s1. The summed E-state index contributed by atoms with van der Waals surface area (Å²) in [4.78, 5) is 164. The number of benzene rings is 2. The van der Waals surface area contributed by atoms with E-state index in [-0.39, 0.29) is 134 Å². The van der Waals surface area contributed by atoms with Crippen molar-refractivity contribution in [2.24, 2.45) is 0 Å². The van der Waals surface area contributed by atoms with Gasteiger partial charge in [0.2, 0.25) is 23.6 Å². The second-order valence-corrected chi connectivity index (χ2v) is 20.8. The molecule has 6 heterocycles. The van der Waals surface area contributed by atoms with Gasteiger partial charge in [0.1, 0.15) is 30.3 Å². The molecule has 0 spiro atoms. The molecule has 4 aliphatic rings. The van der Waals surface area contributed by atoms with Crippen LogP contribution >= 0.6 is 0 Å². The molecule has 476 valence electrons. The molecular weight excluding hydrogens is 1170 g/mol. The number of hydrogen-bond donors (Lipinski definition) is 5. The molecule has 8 amide bonds. The number of likely N-dealkylation sites (tertiary alicyclic amines) is 2. The largest absolute Gasteiger partial charge is 0.481 e. The SMILES string of the molecule is CCOC(=O)CC[C@H](NC(=O)c1cc(OCC(=O)N2CC[C@H]2C(=O)O[C@@H]2C[C@H](C(=O)O)N(C(=O)COc3cc(C(=O)N[C@@H](CCC(=O)O)C(=O)N4CCN(C(=O)O)CC4)nn3-c3ccccc3)C2)n(-c2ccccc2)n1)C(=O)N1CCN(C(=O)OCC)CC1. The molecule has 32 heteroatoms. The Kier molecular flexibility index (Phi) is 21.7. The number of carbonyl (C=O) groups is 12. The molecule has 8 rings (SSSR count). The van der Waals surface area contributed by atoms with E-state index in [2.05, 4.69) is 20.8 Å². The molecular formula is C57H68N12O20. The number of nitrogens with zero attached hydrogens (tertiary/aromatic N) is 10. The summed E-state index contributed by atoms with van der Waals surface area (Å²) in [7, 11) is 0. The quantitative estimate of drug-likeness (QED) is 0.0438. The lowest BCUT2D eigenvalue weighted by Crippen LogP contribution is -2.57. The molecule has 5 atom stereocenters. The summed E-state index contributed by atoms with van der Waals surface area (Å²) < 4.78 is 30.2. The topological polar surface area (TPSA) is 391 Å². The maximum absolute atomic E-state index is 14.0. The van der Waals surface area contributed by atoms with Crippen LogP contribution in [-0.2, 0) is 52.6 Å². The Morgan fingerprint density at radius 3 is 1.49 bits per heavy atom. The maximum atomic E-state index is 14.0. The van der Waals surface area contributed by atoms with Gasteiger partial charge < -0.3 is 79.0 Å². The van der Waals surface area contributed by atoms with Crippen molar-refractivity contribution in [1.82, 2.24) is 59.6 Å². The van der Waals surface area contributed by atoms with Crippen molar-refractivity contribution in [1.29, 1.82) is 0 Å². The van der Waals surface area contributed by atoms with Gasteiger partial charge in [-0.25, -0.2) is 28.5 Å².